The summed E-state index contributed by atoms with van der Waals surface area (Å²) in [5.41, 5.74) is 2.50. The second-order valence-corrected chi connectivity index (χ2v) is 6.41. The summed E-state index contributed by atoms with van der Waals surface area (Å²) in [7, 11) is 0. The molecule has 0 radical (unpaired) electrons. The Balaban J connectivity index is 2.08. The van der Waals surface area contributed by atoms with E-state index in [0.29, 0.717) is 11.8 Å². The van der Waals surface area contributed by atoms with Gasteiger partial charge in [0.15, 0.2) is 5.78 Å². The van der Waals surface area contributed by atoms with Crippen molar-refractivity contribution in [2.24, 2.45) is 5.41 Å². The van der Waals surface area contributed by atoms with E-state index in [1.165, 1.54) is 18.5 Å². The van der Waals surface area contributed by atoms with Crippen molar-refractivity contribution in [1.82, 2.24) is 0 Å². The number of piperidine rings is 1. The summed E-state index contributed by atoms with van der Waals surface area (Å²) in [5.74, 6) is 0.257. The molecule has 1 heterocycles. The lowest BCUT2D eigenvalue weighted by molar-refractivity contribution is 0.0982. The van der Waals surface area contributed by atoms with Crippen LogP contribution in [0.3, 0.4) is 0 Å². The molecule has 0 N–H and O–H groups in total. The summed E-state index contributed by atoms with van der Waals surface area (Å²) in [5, 5.41) is 0. The van der Waals surface area contributed by atoms with Gasteiger partial charge in [0, 0.05) is 30.8 Å². The Kier molecular flexibility index (Phi) is 4.28. The maximum Gasteiger partial charge on any atom is 0.162 e. The van der Waals surface area contributed by atoms with Gasteiger partial charge in [-0.25, -0.2) is 0 Å². The van der Waals surface area contributed by atoms with Gasteiger partial charge in [0.05, 0.1) is 0 Å². The third-order valence-corrected chi connectivity index (χ3v) is 3.93. The lowest BCUT2D eigenvalue weighted by Crippen LogP contribution is -2.40. The van der Waals surface area contributed by atoms with Crippen LogP contribution in [0.15, 0.2) is 24.3 Å². The van der Waals surface area contributed by atoms with Crippen LogP contribution in [0.2, 0.25) is 0 Å². The standard InChI is InChI=1S/C17H25NO/c1-4-6-16(19)14-7-9-15(10-8-14)18-12-5-11-17(2,3)13-18/h7-10H,4-6,11-13H2,1-3H3. The van der Waals surface area contributed by atoms with E-state index in [-0.39, 0.29) is 5.78 Å². The predicted octanol–water partition coefficient (Wildman–Crippen LogP) is 4.30. The van der Waals surface area contributed by atoms with Crippen LogP contribution in [0.4, 0.5) is 5.69 Å². The fraction of sp³-hybridized carbons (Fsp3) is 0.588. The average Bonchev–Trinajstić information content (AvgIpc) is 2.38. The van der Waals surface area contributed by atoms with E-state index < -0.39 is 0 Å². The molecule has 1 fully saturated rings. The predicted molar refractivity (Wildman–Crippen MR) is 80.9 cm³/mol. The fourth-order valence-corrected chi connectivity index (χ4v) is 2.87. The monoisotopic (exact) mass is 259 g/mol. The normalized spacial score (nSPS) is 18.4. The van der Waals surface area contributed by atoms with Crippen LogP contribution < -0.4 is 4.90 Å². The fourth-order valence-electron chi connectivity index (χ4n) is 2.87. The summed E-state index contributed by atoms with van der Waals surface area (Å²) in [6.07, 6.45) is 4.12. The number of carbonyl (C=O) groups excluding carboxylic acids is 1. The minimum Gasteiger partial charge on any atom is -0.371 e. The van der Waals surface area contributed by atoms with E-state index >= 15 is 0 Å². The van der Waals surface area contributed by atoms with Crippen LogP contribution >= 0.6 is 0 Å². The lowest BCUT2D eigenvalue weighted by Gasteiger charge is -2.39. The van der Waals surface area contributed by atoms with Gasteiger partial charge in [0.2, 0.25) is 0 Å². The molecule has 0 spiro atoms. The number of benzene rings is 1. The minimum atomic E-state index is 0.257. The molecule has 1 aliphatic heterocycles. The van der Waals surface area contributed by atoms with Gasteiger partial charge in [-0.3, -0.25) is 4.79 Å². The quantitative estimate of drug-likeness (QED) is 0.752. The van der Waals surface area contributed by atoms with E-state index in [1.54, 1.807) is 0 Å². The van der Waals surface area contributed by atoms with Crippen LogP contribution in [0.25, 0.3) is 0 Å². The molecule has 0 unspecified atom stereocenters. The first-order chi connectivity index (χ1) is 9.02. The Morgan fingerprint density at radius 2 is 1.95 bits per heavy atom. The number of carbonyl (C=O) groups is 1. The van der Waals surface area contributed by atoms with E-state index in [1.807, 2.05) is 19.1 Å². The van der Waals surface area contributed by atoms with Gasteiger partial charge < -0.3 is 4.90 Å². The number of rotatable bonds is 4. The molecule has 2 nitrogen and oxygen atoms in total. The first kappa shape index (κ1) is 14.1. The zero-order valence-corrected chi connectivity index (χ0v) is 12.4. The van der Waals surface area contributed by atoms with E-state index in [0.717, 1.165) is 25.1 Å². The van der Waals surface area contributed by atoms with Crippen LogP contribution in [-0.4, -0.2) is 18.9 Å². The van der Waals surface area contributed by atoms with Crippen molar-refractivity contribution in [2.75, 3.05) is 18.0 Å². The molecule has 1 aromatic carbocycles. The van der Waals surface area contributed by atoms with E-state index in [9.17, 15) is 4.79 Å². The smallest absolute Gasteiger partial charge is 0.162 e. The number of hydrogen-bond donors (Lipinski definition) is 0. The zero-order valence-electron chi connectivity index (χ0n) is 12.4. The molecule has 1 aromatic rings. The molecule has 2 heteroatoms. The Morgan fingerprint density at radius 3 is 2.53 bits per heavy atom. The molecule has 1 saturated heterocycles. The highest BCUT2D eigenvalue weighted by Gasteiger charge is 2.26. The van der Waals surface area contributed by atoms with Crippen LogP contribution in [0, 0.1) is 5.41 Å². The van der Waals surface area contributed by atoms with Crippen molar-refractivity contribution in [3.8, 4) is 0 Å². The molecule has 2 rings (SSSR count). The topological polar surface area (TPSA) is 20.3 Å². The summed E-state index contributed by atoms with van der Waals surface area (Å²) in [4.78, 5) is 14.3. The highest BCUT2D eigenvalue weighted by molar-refractivity contribution is 5.96. The Labute approximate surface area is 116 Å². The van der Waals surface area contributed by atoms with Gasteiger partial charge >= 0.3 is 0 Å². The Morgan fingerprint density at radius 1 is 1.26 bits per heavy atom. The first-order valence-corrected chi connectivity index (χ1v) is 7.40. The molecule has 0 bridgehead atoms. The number of Topliss-reactive ketones (excluding diaryl/α,β-unsaturated/α-hetero) is 1. The molecule has 0 aromatic heterocycles. The summed E-state index contributed by atoms with van der Waals surface area (Å²) < 4.78 is 0. The maximum absolute atomic E-state index is 11.8. The van der Waals surface area contributed by atoms with Gasteiger partial charge in [-0.2, -0.15) is 0 Å². The summed E-state index contributed by atoms with van der Waals surface area (Å²) >= 11 is 0. The molecule has 104 valence electrons. The first-order valence-electron chi connectivity index (χ1n) is 7.40. The number of ketones is 1. The molecule has 0 saturated carbocycles. The Bertz CT molecular complexity index is 433. The third kappa shape index (κ3) is 3.59. The number of nitrogens with zero attached hydrogens (tertiary/aromatic N) is 1. The van der Waals surface area contributed by atoms with Crippen molar-refractivity contribution < 1.29 is 4.79 Å². The lowest BCUT2D eigenvalue weighted by atomic mass is 9.84. The van der Waals surface area contributed by atoms with Crippen molar-refractivity contribution in [1.29, 1.82) is 0 Å². The second kappa shape index (κ2) is 5.77. The molecule has 19 heavy (non-hydrogen) atoms. The van der Waals surface area contributed by atoms with Gasteiger partial charge in [0.1, 0.15) is 0 Å². The zero-order chi connectivity index (χ0) is 13.9. The minimum absolute atomic E-state index is 0.257. The maximum atomic E-state index is 11.8. The third-order valence-electron chi connectivity index (χ3n) is 3.93. The number of hydrogen-bond acceptors (Lipinski definition) is 2. The summed E-state index contributed by atoms with van der Waals surface area (Å²) in [6, 6.07) is 8.17. The Hall–Kier alpha value is -1.31. The molecular weight excluding hydrogens is 234 g/mol. The molecule has 0 amide bonds. The van der Waals surface area contributed by atoms with Gasteiger partial charge in [-0.05, 0) is 48.9 Å². The highest BCUT2D eigenvalue weighted by Crippen LogP contribution is 2.31. The SMILES string of the molecule is CCCC(=O)c1ccc(N2CCCC(C)(C)C2)cc1. The van der Waals surface area contributed by atoms with Gasteiger partial charge in [0.25, 0.3) is 0 Å². The molecular formula is C17H25NO. The van der Waals surface area contributed by atoms with Crippen LogP contribution in [0.1, 0.15) is 56.8 Å². The van der Waals surface area contributed by atoms with Crippen LogP contribution in [-0.2, 0) is 0 Å². The largest absolute Gasteiger partial charge is 0.371 e. The average molecular weight is 259 g/mol. The molecule has 0 atom stereocenters. The van der Waals surface area contributed by atoms with E-state index in [4.69, 9.17) is 0 Å². The van der Waals surface area contributed by atoms with E-state index in [2.05, 4.69) is 30.9 Å². The van der Waals surface area contributed by atoms with Crippen molar-refractivity contribution in [3.63, 3.8) is 0 Å². The number of anilines is 1. The molecule has 1 aliphatic rings. The molecule has 0 aliphatic carbocycles. The highest BCUT2D eigenvalue weighted by atomic mass is 16.1. The van der Waals surface area contributed by atoms with Crippen molar-refractivity contribution >= 4 is 11.5 Å². The summed E-state index contributed by atoms with van der Waals surface area (Å²) in [6.45, 7) is 8.94. The van der Waals surface area contributed by atoms with Crippen LogP contribution in [0.5, 0.6) is 0 Å². The van der Waals surface area contributed by atoms with Crippen molar-refractivity contribution in [2.45, 2.75) is 46.5 Å². The second-order valence-electron chi connectivity index (χ2n) is 6.41. The van der Waals surface area contributed by atoms with Gasteiger partial charge in [-0.15, -0.1) is 0 Å². The van der Waals surface area contributed by atoms with Gasteiger partial charge in [-0.1, -0.05) is 20.8 Å². The van der Waals surface area contributed by atoms with Crippen molar-refractivity contribution in [3.05, 3.63) is 29.8 Å².